The molecule has 0 radical (unpaired) electrons. The van der Waals surface area contributed by atoms with E-state index >= 15 is 0 Å². The number of amides is 1. The highest BCUT2D eigenvalue weighted by Gasteiger charge is 2.11. The number of nitrogens with zero attached hydrogens (tertiary/aromatic N) is 1. The summed E-state index contributed by atoms with van der Waals surface area (Å²) in [6.07, 6.45) is 8.52. The molecule has 0 aromatic carbocycles. The number of nitrogens with one attached hydrogen (secondary N) is 1. The minimum absolute atomic E-state index is 0.0642. The van der Waals surface area contributed by atoms with E-state index in [1.165, 1.54) is 31.3 Å². The Hall–Kier alpha value is -1.91. The highest BCUT2D eigenvalue weighted by molar-refractivity contribution is 6.00. The van der Waals surface area contributed by atoms with Gasteiger partial charge in [-0.25, -0.2) is 4.79 Å². The molecular formula is C14H20N2O3. The average Bonchev–Trinajstić information content (AvgIpc) is 2.39. The van der Waals surface area contributed by atoms with E-state index in [-0.39, 0.29) is 17.2 Å². The van der Waals surface area contributed by atoms with E-state index in [1.807, 2.05) is 0 Å². The van der Waals surface area contributed by atoms with Crippen molar-refractivity contribution in [2.24, 2.45) is 0 Å². The van der Waals surface area contributed by atoms with Crippen LogP contribution in [-0.4, -0.2) is 22.0 Å². The van der Waals surface area contributed by atoms with E-state index in [4.69, 9.17) is 5.11 Å². The number of hydrogen-bond acceptors (Lipinski definition) is 3. The number of carboxylic acid groups (broad SMARTS) is 1. The lowest BCUT2D eigenvalue weighted by Crippen LogP contribution is -2.14. The molecule has 0 aliphatic rings. The molecule has 1 aromatic rings. The monoisotopic (exact) mass is 264 g/mol. The lowest BCUT2D eigenvalue weighted by molar-refractivity contribution is -0.116. The van der Waals surface area contributed by atoms with Crippen molar-refractivity contribution < 1.29 is 14.7 Å². The standard InChI is InChI=1S/C14H20N2O3/c1-2-3-4-5-6-7-13(17)16-12-10-15-9-8-11(12)14(18)19/h8-10H,2-7H2,1H3,(H,16,17)(H,18,19). The van der Waals surface area contributed by atoms with Gasteiger partial charge in [0, 0.05) is 12.6 Å². The Balaban J connectivity index is 2.42. The molecule has 19 heavy (non-hydrogen) atoms. The number of hydrogen-bond donors (Lipinski definition) is 2. The van der Waals surface area contributed by atoms with Gasteiger partial charge in [-0.3, -0.25) is 9.78 Å². The third-order valence-electron chi connectivity index (χ3n) is 2.83. The van der Waals surface area contributed by atoms with Gasteiger partial charge in [0.2, 0.25) is 5.91 Å². The molecule has 0 bridgehead atoms. The fraction of sp³-hybridized carbons (Fsp3) is 0.500. The summed E-state index contributed by atoms with van der Waals surface area (Å²) in [5, 5.41) is 11.6. The van der Waals surface area contributed by atoms with Gasteiger partial charge in [-0.2, -0.15) is 0 Å². The molecule has 104 valence electrons. The fourth-order valence-corrected chi connectivity index (χ4v) is 1.78. The smallest absolute Gasteiger partial charge is 0.337 e. The maximum Gasteiger partial charge on any atom is 0.337 e. The number of pyridine rings is 1. The SMILES string of the molecule is CCCCCCCC(=O)Nc1cnccc1C(=O)O. The van der Waals surface area contributed by atoms with E-state index in [2.05, 4.69) is 17.2 Å². The quantitative estimate of drug-likeness (QED) is 0.707. The van der Waals surface area contributed by atoms with Crippen LogP contribution in [0.4, 0.5) is 5.69 Å². The van der Waals surface area contributed by atoms with Crippen LogP contribution < -0.4 is 5.32 Å². The predicted molar refractivity (Wildman–Crippen MR) is 73.2 cm³/mol. The van der Waals surface area contributed by atoms with E-state index in [9.17, 15) is 9.59 Å². The molecule has 0 fully saturated rings. The Morgan fingerprint density at radius 3 is 2.68 bits per heavy atom. The Kier molecular flexibility index (Phi) is 6.57. The Bertz CT molecular complexity index is 432. The molecule has 1 rings (SSSR count). The van der Waals surface area contributed by atoms with Crippen molar-refractivity contribution in [2.45, 2.75) is 45.4 Å². The number of carbonyl (C=O) groups is 2. The second-order valence-electron chi connectivity index (χ2n) is 4.44. The molecule has 1 aromatic heterocycles. The lowest BCUT2D eigenvalue weighted by atomic mass is 10.1. The fourth-order valence-electron chi connectivity index (χ4n) is 1.78. The maximum absolute atomic E-state index is 11.7. The molecular weight excluding hydrogens is 244 g/mol. The second kappa shape index (κ2) is 8.24. The first kappa shape index (κ1) is 15.1. The van der Waals surface area contributed by atoms with Gasteiger partial charge in [-0.15, -0.1) is 0 Å². The summed E-state index contributed by atoms with van der Waals surface area (Å²) in [6.45, 7) is 2.14. The molecule has 0 saturated heterocycles. The van der Waals surface area contributed by atoms with Crippen LogP contribution in [0.2, 0.25) is 0 Å². The molecule has 0 aliphatic carbocycles. The van der Waals surface area contributed by atoms with Gasteiger partial charge < -0.3 is 10.4 Å². The lowest BCUT2D eigenvalue weighted by Gasteiger charge is -2.07. The number of carbonyl (C=O) groups excluding carboxylic acids is 1. The Labute approximate surface area is 113 Å². The van der Waals surface area contributed by atoms with Crippen LogP contribution in [0.15, 0.2) is 18.5 Å². The van der Waals surface area contributed by atoms with Crippen LogP contribution in [0, 0.1) is 0 Å². The third-order valence-corrected chi connectivity index (χ3v) is 2.83. The summed E-state index contributed by atoms with van der Waals surface area (Å²) in [5.41, 5.74) is 0.322. The molecule has 0 unspecified atom stereocenters. The Morgan fingerprint density at radius 1 is 1.26 bits per heavy atom. The summed E-state index contributed by atoms with van der Waals surface area (Å²) in [5.74, 6) is -1.23. The molecule has 1 amide bonds. The molecule has 5 heteroatoms. The zero-order valence-electron chi connectivity index (χ0n) is 11.2. The van der Waals surface area contributed by atoms with Crippen LogP contribution in [-0.2, 0) is 4.79 Å². The van der Waals surface area contributed by atoms with Gasteiger partial charge in [-0.1, -0.05) is 32.6 Å². The highest BCUT2D eigenvalue weighted by Crippen LogP contribution is 2.14. The van der Waals surface area contributed by atoms with Crippen molar-refractivity contribution in [1.29, 1.82) is 0 Å². The summed E-state index contributed by atoms with van der Waals surface area (Å²) in [6, 6.07) is 1.37. The minimum Gasteiger partial charge on any atom is -0.478 e. The van der Waals surface area contributed by atoms with Crippen molar-refractivity contribution in [3.05, 3.63) is 24.0 Å². The van der Waals surface area contributed by atoms with E-state index in [1.54, 1.807) is 0 Å². The minimum atomic E-state index is -1.07. The van der Waals surface area contributed by atoms with Crippen molar-refractivity contribution in [1.82, 2.24) is 4.98 Å². The highest BCUT2D eigenvalue weighted by atomic mass is 16.4. The molecule has 0 atom stereocenters. The van der Waals surface area contributed by atoms with Crippen LogP contribution >= 0.6 is 0 Å². The van der Waals surface area contributed by atoms with Gasteiger partial charge >= 0.3 is 5.97 Å². The summed E-state index contributed by atoms with van der Waals surface area (Å²) < 4.78 is 0. The maximum atomic E-state index is 11.7. The van der Waals surface area contributed by atoms with E-state index in [0.29, 0.717) is 6.42 Å². The number of aromatic carboxylic acids is 1. The molecule has 0 aliphatic heterocycles. The Morgan fingerprint density at radius 2 is 2.00 bits per heavy atom. The third kappa shape index (κ3) is 5.50. The first-order valence-electron chi connectivity index (χ1n) is 6.62. The van der Waals surface area contributed by atoms with Crippen molar-refractivity contribution in [3.63, 3.8) is 0 Å². The first-order chi connectivity index (χ1) is 9.15. The predicted octanol–water partition coefficient (Wildman–Crippen LogP) is 3.08. The van der Waals surface area contributed by atoms with Crippen molar-refractivity contribution in [3.8, 4) is 0 Å². The van der Waals surface area contributed by atoms with Crippen LogP contribution in [0.1, 0.15) is 55.8 Å². The van der Waals surface area contributed by atoms with Gasteiger partial charge in [0.05, 0.1) is 17.4 Å². The number of carboxylic acids is 1. The van der Waals surface area contributed by atoms with Crippen LogP contribution in [0.5, 0.6) is 0 Å². The topological polar surface area (TPSA) is 79.3 Å². The van der Waals surface area contributed by atoms with Gasteiger partial charge in [0.15, 0.2) is 0 Å². The van der Waals surface area contributed by atoms with Crippen molar-refractivity contribution >= 4 is 17.6 Å². The number of anilines is 1. The largest absolute Gasteiger partial charge is 0.478 e. The summed E-state index contributed by atoms with van der Waals surface area (Å²) >= 11 is 0. The van der Waals surface area contributed by atoms with Gasteiger partial charge in [0.25, 0.3) is 0 Å². The molecule has 2 N–H and O–H groups in total. The molecule has 0 saturated carbocycles. The summed E-state index contributed by atoms with van der Waals surface area (Å²) in [4.78, 5) is 26.5. The zero-order chi connectivity index (χ0) is 14.1. The van der Waals surface area contributed by atoms with Gasteiger partial charge in [-0.05, 0) is 12.5 Å². The normalized spacial score (nSPS) is 10.2. The first-order valence-corrected chi connectivity index (χ1v) is 6.62. The van der Waals surface area contributed by atoms with E-state index < -0.39 is 5.97 Å². The second-order valence-corrected chi connectivity index (χ2v) is 4.44. The zero-order valence-corrected chi connectivity index (χ0v) is 11.2. The number of rotatable bonds is 8. The summed E-state index contributed by atoms with van der Waals surface area (Å²) in [7, 11) is 0. The van der Waals surface area contributed by atoms with E-state index in [0.717, 1.165) is 19.3 Å². The number of unbranched alkanes of at least 4 members (excludes halogenated alkanes) is 4. The van der Waals surface area contributed by atoms with Crippen molar-refractivity contribution in [2.75, 3.05) is 5.32 Å². The van der Waals surface area contributed by atoms with Crippen LogP contribution in [0.3, 0.4) is 0 Å². The van der Waals surface area contributed by atoms with Crippen LogP contribution in [0.25, 0.3) is 0 Å². The van der Waals surface area contributed by atoms with Gasteiger partial charge in [0.1, 0.15) is 0 Å². The molecule has 5 nitrogen and oxygen atoms in total. The average molecular weight is 264 g/mol. The number of aromatic nitrogens is 1. The molecule has 1 heterocycles. The molecule has 0 spiro atoms.